The standard InChI is InChI=1S/C14H17N3O2/c1-9-4-11(18-2)6-13(19-3)14(9)12-5-10(7-15)16-8-17-12/h4-6,8H,7,15H2,1-3H3. The maximum Gasteiger partial charge on any atom is 0.132 e. The van der Waals surface area contributed by atoms with Crippen molar-refractivity contribution in [2.75, 3.05) is 14.2 Å². The third-order valence-corrected chi connectivity index (χ3v) is 2.92. The van der Waals surface area contributed by atoms with E-state index in [2.05, 4.69) is 9.97 Å². The molecule has 0 bridgehead atoms. The molecule has 100 valence electrons. The van der Waals surface area contributed by atoms with Crippen molar-refractivity contribution in [2.24, 2.45) is 5.73 Å². The molecule has 5 heteroatoms. The number of hydrogen-bond donors (Lipinski definition) is 1. The van der Waals surface area contributed by atoms with Gasteiger partial charge in [0.05, 0.1) is 25.6 Å². The second kappa shape index (κ2) is 5.67. The Morgan fingerprint density at radius 2 is 1.89 bits per heavy atom. The van der Waals surface area contributed by atoms with Crippen LogP contribution in [0.3, 0.4) is 0 Å². The predicted molar refractivity (Wildman–Crippen MR) is 73.2 cm³/mol. The van der Waals surface area contributed by atoms with Gasteiger partial charge in [-0.15, -0.1) is 0 Å². The molecule has 0 aliphatic carbocycles. The normalized spacial score (nSPS) is 10.3. The first kappa shape index (κ1) is 13.3. The Hall–Kier alpha value is -2.14. The van der Waals surface area contributed by atoms with Crippen LogP contribution in [0.5, 0.6) is 11.5 Å². The molecule has 0 amide bonds. The molecule has 19 heavy (non-hydrogen) atoms. The second-order valence-electron chi connectivity index (χ2n) is 4.12. The number of aromatic nitrogens is 2. The Labute approximate surface area is 112 Å². The lowest BCUT2D eigenvalue weighted by atomic mass is 10.0. The zero-order valence-electron chi connectivity index (χ0n) is 11.3. The molecule has 0 aliphatic heterocycles. The van der Waals surface area contributed by atoms with Crippen LogP contribution < -0.4 is 15.2 Å². The highest BCUT2D eigenvalue weighted by Gasteiger charge is 2.13. The lowest BCUT2D eigenvalue weighted by Crippen LogP contribution is -2.02. The van der Waals surface area contributed by atoms with Crippen LogP contribution in [0.2, 0.25) is 0 Å². The summed E-state index contributed by atoms with van der Waals surface area (Å²) in [4.78, 5) is 8.40. The monoisotopic (exact) mass is 259 g/mol. The summed E-state index contributed by atoms with van der Waals surface area (Å²) in [5.41, 5.74) is 9.16. The van der Waals surface area contributed by atoms with Gasteiger partial charge in [0.2, 0.25) is 0 Å². The molecule has 0 fully saturated rings. The summed E-state index contributed by atoms with van der Waals surface area (Å²) < 4.78 is 10.7. The molecule has 0 saturated heterocycles. The zero-order valence-corrected chi connectivity index (χ0v) is 11.3. The smallest absolute Gasteiger partial charge is 0.132 e. The van der Waals surface area contributed by atoms with E-state index in [0.717, 1.165) is 34.0 Å². The van der Waals surface area contributed by atoms with Crippen molar-refractivity contribution < 1.29 is 9.47 Å². The summed E-state index contributed by atoms with van der Waals surface area (Å²) in [6, 6.07) is 5.66. The largest absolute Gasteiger partial charge is 0.497 e. The number of ether oxygens (including phenoxy) is 2. The van der Waals surface area contributed by atoms with Crippen molar-refractivity contribution in [2.45, 2.75) is 13.5 Å². The van der Waals surface area contributed by atoms with Crippen molar-refractivity contribution in [1.82, 2.24) is 9.97 Å². The average molecular weight is 259 g/mol. The SMILES string of the molecule is COc1cc(C)c(-c2cc(CN)ncn2)c(OC)c1. The van der Waals surface area contributed by atoms with E-state index in [9.17, 15) is 0 Å². The molecule has 2 rings (SSSR count). The highest BCUT2D eigenvalue weighted by atomic mass is 16.5. The number of methoxy groups -OCH3 is 2. The van der Waals surface area contributed by atoms with Gasteiger partial charge in [0.15, 0.2) is 0 Å². The molecule has 0 unspecified atom stereocenters. The lowest BCUT2D eigenvalue weighted by molar-refractivity contribution is 0.395. The Morgan fingerprint density at radius 3 is 2.53 bits per heavy atom. The van der Waals surface area contributed by atoms with E-state index in [4.69, 9.17) is 15.2 Å². The van der Waals surface area contributed by atoms with Gasteiger partial charge in [-0.1, -0.05) is 0 Å². The number of hydrogen-bond acceptors (Lipinski definition) is 5. The van der Waals surface area contributed by atoms with E-state index >= 15 is 0 Å². The number of nitrogens with two attached hydrogens (primary N) is 1. The van der Waals surface area contributed by atoms with Gasteiger partial charge in [0, 0.05) is 18.2 Å². The van der Waals surface area contributed by atoms with Crippen LogP contribution in [0.1, 0.15) is 11.3 Å². The van der Waals surface area contributed by atoms with Crippen LogP contribution in [0.25, 0.3) is 11.3 Å². The molecule has 0 atom stereocenters. The topological polar surface area (TPSA) is 70.3 Å². The molecule has 5 nitrogen and oxygen atoms in total. The number of nitrogens with zero attached hydrogens (tertiary/aromatic N) is 2. The van der Waals surface area contributed by atoms with Gasteiger partial charge >= 0.3 is 0 Å². The first-order chi connectivity index (χ1) is 9.19. The molecular weight excluding hydrogens is 242 g/mol. The van der Waals surface area contributed by atoms with Crippen molar-refractivity contribution in [3.8, 4) is 22.8 Å². The first-order valence-electron chi connectivity index (χ1n) is 5.93. The van der Waals surface area contributed by atoms with Gasteiger partial charge in [-0.25, -0.2) is 9.97 Å². The third-order valence-electron chi connectivity index (χ3n) is 2.92. The molecular formula is C14H17N3O2. The Morgan fingerprint density at radius 1 is 1.11 bits per heavy atom. The summed E-state index contributed by atoms with van der Waals surface area (Å²) >= 11 is 0. The number of benzene rings is 1. The second-order valence-corrected chi connectivity index (χ2v) is 4.12. The maximum atomic E-state index is 5.61. The molecule has 0 spiro atoms. The molecule has 1 heterocycles. The predicted octanol–water partition coefficient (Wildman–Crippen LogP) is 1.93. The molecule has 1 aromatic heterocycles. The molecule has 0 aliphatic rings. The number of rotatable bonds is 4. The van der Waals surface area contributed by atoms with Gasteiger partial charge in [0.1, 0.15) is 17.8 Å². The van der Waals surface area contributed by atoms with E-state index in [1.807, 2.05) is 25.1 Å². The molecule has 2 N–H and O–H groups in total. The fourth-order valence-corrected chi connectivity index (χ4v) is 1.98. The molecule has 2 aromatic rings. The van der Waals surface area contributed by atoms with Gasteiger partial charge < -0.3 is 15.2 Å². The van der Waals surface area contributed by atoms with Crippen LogP contribution in [0.4, 0.5) is 0 Å². The summed E-state index contributed by atoms with van der Waals surface area (Å²) in [5, 5.41) is 0. The minimum Gasteiger partial charge on any atom is -0.497 e. The van der Waals surface area contributed by atoms with Crippen molar-refractivity contribution in [1.29, 1.82) is 0 Å². The Balaban J connectivity index is 2.60. The number of aryl methyl sites for hydroxylation is 1. The van der Waals surface area contributed by atoms with Crippen molar-refractivity contribution in [3.63, 3.8) is 0 Å². The van der Waals surface area contributed by atoms with E-state index < -0.39 is 0 Å². The Bertz CT molecular complexity index is 585. The van der Waals surface area contributed by atoms with Crippen LogP contribution >= 0.6 is 0 Å². The minimum atomic E-state index is 0.382. The summed E-state index contributed by atoms with van der Waals surface area (Å²) in [6.07, 6.45) is 1.51. The van der Waals surface area contributed by atoms with Crippen LogP contribution in [0, 0.1) is 6.92 Å². The van der Waals surface area contributed by atoms with Gasteiger partial charge in [0.25, 0.3) is 0 Å². The molecule has 0 radical (unpaired) electrons. The van der Waals surface area contributed by atoms with Crippen molar-refractivity contribution in [3.05, 3.63) is 35.8 Å². The summed E-state index contributed by atoms with van der Waals surface area (Å²) in [7, 11) is 3.26. The summed E-state index contributed by atoms with van der Waals surface area (Å²) in [6.45, 7) is 2.37. The average Bonchev–Trinajstić information content (AvgIpc) is 2.46. The highest BCUT2D eigenvalue weighted by molar-refractivity contribution is 5.72. The van der Waals surface area contributed by atoms with Gasteiger partial charge in [-0.2, -0.15) is 0 Å². The summed E-state index contributed by atoms with van der Waals surface area (Å²) in [5.74, 6) is 1.48. The fraction of sp³-hybridized carbons (Fsp3) is 0.286. The van der Waals surface area contributed by atoms with Crippen LogP contribution in [-0.2, 0) is 6.54 Å². The molecule has 0 saturated carbocycles. The van der Waals surface area contributed by atoms with E-state index in [1.165, 1.54) is 6.33 Å². The quantitative estimate of drug-likeness (QED) is 0.908. The van der Waals surface area contributed by atoms with Gasteiger partial charge in [-0.3, -0.25) is 0 Å². The van der Waals surface area contributed by atoms with E-state index in [1.54, 1.807) is 14.2 Å². The first-order valence-corrected chi connectivity index (χ1v) is 5.93. The lowest BCUT2D eigenvalue weighted by Gasteiger charge is -2.13. The van der Waals surface area contributed by atoms with E-state index in [0.29, 0.717) is 6.54 Å². The molecule has 1 aromatic carbocycles. The maximum absolute atomic E-state index is 5.61. The fourth-order valence-electron chi connectivity index (χ4n) is 1.98. The van der Waals surface area contributed by atoms with Crippen LogP contribution in [0.15, 0.2) is 24.5 Å². The minimum absolute atomic E-state index is 0.382. The Kier molecular flexibility index (Phi) is 3.97. The van der Waals surface area contributed by atoms with Gasteiger partial charge in [-0.05, 0) is 24.6 Å². The third kappa shape index (κ3) is 2.66. The highest BCUT2D eigenvalue weighted by Crippen LogP contribution is 2.35. The zero-order chi connectivity index (χ0) is 13.8. The van der Waals surface area contributed by atoms with Crippen LogP contribution in [-0.4, -0.2) is 24.2 Å². The van der Waals surface area contributed by atoms with E-state index in [-0.39, 0.29) is 0 Å². The van der Waals surface area contributed by atoms with Crippen molar-refractivity contribution >= 4 is 0 Å².